The number of benzene rings is 1. The van der Waals surface area contributed by atoms with Gasteiger partial charge in [-0.05, 0) is 43.4 Å². The third-order valence-electron chi connectivity index (χ3n) is 3.96. The topological polar surface area (TPSA) is 30.5 Å². The summed E-state index contributed by atoms with van der Waals surface area (Å²) >= 11 is 0. The molecule has 0 aliphatic heterocycles. The molecule has 0 amide bonds. The van der Waals surface area contributed by atoms with E-state index in [1.807, 2.05) is 6.07 Å². The van der Waals surface area contributed by atoms with Crippen LogP contribution in [0.3, 0.4) is 0 Å². The number of hydrogen-bond donors (Lipinski definition) is 1. The summed E-state index contributed by atoms with van der Waals surface area (Å²) in [6.45, 7) is 8.02. The Bertz CT molecular complexity index is 427. The second-order valence-electron chi connectivity index (χ2n) is 6.06. The Kier molecular flexibility index (Phi) is 5.44. The normalized spacial score (nSPS) is 16.4. The fourth-order valence-corrected chi connectivity index (χ4v) is 2.02. The van der Waals surface area contributed by atoms with Gasteiger partial charge in [0, 0.05) is 18.2 Å². The smallest absolute Gasteiger partial charge is 0.124 e. The molecule has 1 saturated carbocycles. The van der Waals surface area contributed by atoms with Crippen LogP contribution in [0.2, 0.25) is 0 Å². The first-order chi connectivity index (χ1) is 9.60. The first kappa shape index (κ1) is 15.3. The summed E-state index contributed by atoms with van der Waals surface area (Å²) in [5.74, 6) is 1.44. The summed E-state index contributed by atoms with van der Waals surface area (Å²) < 4.78 is 11.4. The minimum absolute atomic E-state index is 0.257. The van der Waals surface area contributed by atoms with Crippen LogP contribution in [-0.4, -0.2) is 19.3 Å². The highest BCUT2D eigenvalue weighted by atomic mass is 16.5. The van der Waals surface area contributed by atoms with Crippen molar-refractivity contribution in [2.45, 2.75) is 58.9 Å². The van der Waals surface area contributed by atoms with Crippen LogP contribution >= 0.6 is 0 Å². The van der Waals surface area contributed by atoms with Gasteiger partial charge >= 0.3 is 0 Å². The van der Waals surface area contributed by atoms with Gasteiger partial charge in [0.25, 0.3) is 0 Å². The van der Waals surface area contributed by atoms with Crippen LogP contribution in [-0.2, 0) is 17.9 Å². The average Bonchev–Trinajstić information content (AvgIpc) is 3.26. The lowest BCUT2D eigenvalue weighted by Crippen LogP contribution is -2.17. The summed E-state index contributed by atoms with van der Waals surface area (Å²) in [6.07, 6.45) is 2.89. The molecular formula is C17H27NO2. The Balaban J connectivity index is 1.97. The van der Waals surface area contributed by atoms with E-state index in [0.717, 1.165) is 23.9 Å². The largest absolute Gasteiger partial charge is 0.496 e. The summed E-state index contributed by atoms with van der Waals surface area (Å²) in [5.41, 5.74) is 2.43. The first-order valence-electron chi connectivity index (χ1n) is 7.61. The van der Waals surface area contributed by atoms with E-state index < -0.39 is 0 Å². The number of rotatable bonds is 8. The highest BCUT2D eigenvalue weighted by Gasteiger charge is 2.20. The zero-order valence-electron chi connectivity index (χ0n) is 13.1. The number of hydrogen-bond acceptors (Lipinski definition) is 3. The van der Waals surface area contributed by atoms with Gasteiger partial charge in [0.05, 0.1) is 19.8 Å². The molecule has 0 bridgehead atoms. The summed E-state index contributed by atoms with van der Waals surface area (Å²) in [7, 11) is 1.72. The average molecular weight is 277 g/mol. The second kappa shape index (κ2) is 7.09. The van der Waals surface area contributed by atoms with E-state index in [0.29, 0.717) is 12.5 Å². The molecule has 0 aromatic heterocycles. The summed E-state index contributed by atoms with van der Waals surface area (Å²) in [5, 5.41) is 3.54. The number of nitrogens with one attached hydrogen (secondary N) is 1. The molecule has 0 radical (unpaired) electrons. The van der Waals surface area contributed by atoms with E-state index in [9.17, 15) is 0 Å². The molecule has 1 aliphatic rings. The van der Waals surface area contributed by atoms with Crippen LogP contribution in [0.25, 0.3) is 0 Å². The van der Waals surface area contributed by atoms with E-state index in [2.05, 4.69) is 38.2 Å². The molecule has 3 nitrogen and oxygen atoms in total. The van der Waals surface area contributed by atoms with Crippen LogP contribution in [0.15, 0.2) is 18.2 Å². The lowest BCUT2D eigenvalue weighted by molar-refractivity contribution is 0.0226. The lowest BCUT2D eigenvalue weighted by Gasteiger charge is -2.18. The van der Waals surface area contributed by atoms with Gasteiger partial charge in [0.2, 0.25) is 0 Å². The highest BCUT2D eigenvalue weighted by Crippen LogP contribution is 2.23. The third-order valence-corrected chi connectivity index (χ3v) is 3.96. The molecule has 1 fully saturated rings. The van der Waals surface area contributed by atoms with Crippen molar-refractivity contribution in [3.63, 3.8) is 0 Å². The molecule has 112 valence electrons. The standard InChI is InChI=1S/C17H27NO2/c1-12(2)13(3)20-11-15-9-14(5-8-17(15)19-4)10-18-16-6-7-16/h5,8-9,12-13,16,18H,6-7,10-11H2,1-4H3. The molecule has 0 heterocycles. The fraction of sp³-hybridized carbons (Fsp3) is 0.647. The Labute approximate surface area is 122 Å². The quantitative estimate of drug-likeness (QED) is 0.789. The van der Waals surface area contributed by atoms with Gasteiger partial charge in [-0.2, -0.15) is 0 Å². The van der Waals surface area contributed by atoms with Crippen molar-refractivity contribution in [3.8, 4) is 5.75 Å². The first-order valence-corrected chi connectivity index (χ1v) is 7.61. The number of methoxy groups -OCH3 is 1. The maximum Gasteiger partial charge on any atom is 0.124 e. The molecule has 1 aromatic rings. The van der Waals surface area contributed by atoms with Crippen LogP contribution in [0.5, 0.6) is 5.75 Å². The Morgan fingerprint density at radius 3 is 2.60 bits per heavy atom. The maximum absolute atomic E-state index is 5.92. The van der Waals surface area contributed by atoms with Gasteiger partial charge < -0.3 is 14.8 Å². The molecule has 1 unspecified atom stereocenters. The molecule has 20 heavy (non-hydrogen) atoms. The molecular weight excluding hydrogens is 250 g/mol. The van der Waals surface area contributed by atoms with E-state index in [4.69, 9.17) is 9.47 Å². The van der Waals surface area contributed by atoms with Gasteiger partial charge in [0.15, 0.2) is 0 Å². The van der Waals surface area contributed by atoms with Crippen LogP contribution in [0.4, 0.5) is 0 Å². The second-order valence-corrected chi connectivity index (χ2v) is 6.06. The van der Waals surface area contributed by atoms with Gasteiger partial charge in [-0.15, -0.1) is 0 Å². The zero-order valence-corrected chi connectivity index (χ0v) is 13.1. The van der Waals surface area contributed by atoms with Crippen LogP contribution in [0.1, 0.15) is 44.7 Å². The molecule has 0 saturated heterocycles. The molecule has 3 heteroatoms. The molecule has 2 rings (SSSR count). The summed E-state index contributed by atoms with van der Waals surface area (Å²) in [6, 6.07) is 7.10. The Morgan fingerprint density at radius 1 is 1.25 bits per heavy atom. The monoisotopic (exact) mass is 277 g/mol. The zero-order chi connectivity index (χ0) is 14.5. The van der Waals surface area contributed by atoms with Gasteiger partial charge in [-0.25, -0.2) is 0 Å². The highest BCUT2D eigenvalue weighted by molar-refractivity contribution is 5.37. The van der Waals surface area contributed by atoms with Crippen molar-refractivity contribution in [1.29, 1.82) is 0 Å². The van der Waals surface area contributed by atoms with Crippen molar-refractivity contribution < 1.29 is 9.47 Å². The van der Waals surface area contributed by atoms with E-state index >= 15 is 0 Å². The minimum Gasteiger partial charge on any atom is -0.496 e. The summed E-state index contributed by atoms with van der Waals surface area (Å²) in [4.78, 5) is 0. The van der Waals surface area contributed by atoms with Gasteiger partial charge in [0.1, 0.15) is 5.75 Å². The molecule has 1 N–H and O–H groups in total. The maximum atomic E-state index is 5.92. The van der Waals surface area contributed by atoms with E-state index in [-0.39, 0.29) is 6.10 Å². The van der Waals surface area contributed by atoms with Crippen molar-refractivity contribution >= 4 is 0 Å². The Morgan fingerprint density at radius 2 is 2.00 bits per heavy atom. The predicted molar refractivity (Wildman–Crippen MR) is 81.9 cm³/mol. The lowest BCUT2D eigenvalue weighted by atomic mass is 10.1. The Hall–Kier alpha value is -1.06. The molecule has 1 aromatic carbocycles. The number of ether oxygens (including phenoxy) is 2. The fourth-order valence-electron chi connectivity index (χ4n) is 2.02. The predicted octanol–water partition coefficient (Wildman–Crippen LogP) is 3.51. The van der Waals surface area contributed by atoms with Crippen molar-refractivity contribution in [3.05, 3.63) is 29.3 Å². The van der Waals surface area contributed by atoms with Crippen LogP contribution < -0.4 is 10.1 Å². The van der Waals surface area contributed by atoms with Gasteiger partial charge in [-0.3, -0.25) is 0 Å². The van der Waals surface area contributed by atoms with E-state index in [1.165, 1.54) is 18.4 Å². The molecule has 1 atom stereocenters. The minimum atomic E-state index is 0.257. The molecule has 0 spiro atoms. The van der Waals surface area contributed by atoms with Gasteiger partial charge in [-0.1, -0.05) is 19.9 Å². The molecule has 1 aliphatic carbocycles. The van der Waals surface area contributed by atoms with E-state index in [1.54, 1.807) is 7.11 Å². The van der Waals surface area contributed by atoms with Crippen molar-refractivity contribution in [2.75, 3.05) is 7.11 Å². The SMILES string of the molecule is COc1ccc(CNC2CC2)cc1COC(C)C(C)C. The van der Waals surface area contributed by atoms with Crippen molar-refractivity contribution in [2.24, 2.45) is 5.92 Å². The third kappa shape index (κ3) is 4.50. The van der Waals surface area contributed by atoms with Crippen molar-refractivity contribution in [1.82, 2.24) is 5.32 Å². The van der Waals surface area contributed by atoms with Crippen LogP contribution in [0, 0.1) is 5.92 Å².